The Balaban J connectivity index is 0. The van der Waals surface area contributed by atoms with E-state index in [9.17, 15) is 4.79 Å². The molecule has 0 aromatic heterocycles. The first-order valence-electron chi connectivity index (χ1n) is 8.96. The Kier molecular flexibility index (Phi) is 15.3. The molecule has 1 aliphatic rings. The predicted octanol–water partition coefficient (Wildman–Crippen LogP) is 2.59. The summed E-state index contributed by atoms with van der Waals surface area (Å²) in [5.74, 6) is 0.248. The highest BCUT2D eigenvalue weighted by molar-refractivity contribution is 5.86. The molecule has 0 saturated carbocycles. The molecule has 0 aliphatic carbocycles. The lowest BCUT2D eigenvalue weighted by molar-refractivity contribution is -0.125. The summed E-state index contributed by atoms with van der Waals surface area (Å²) in [5.41, 5.74) is 7.24. The van der Waals surface area contributed by atoms with Gasteiger partial charge in [0.25, 0.3) is 0 Å². The van der Waals surface area contributed by atoms with Gasteiger partial charge in [0.15, 0.2) is 0 Å². The highest BCUT2D eigenvalue weighted by atomic mass is 35.5. The van der Waals surface area contributed by atoms with E-state index in [0.717, 1.165) is 38.3 Å². The van der Waals surface area contributed by atoms with Crippen molar-refractivity contribution in [1.82, 2.24) is 15.1 Å². The zero-order valence-electron chi connectivity index (χ0n) is 16.5. The minimum atomic E-state index is -0.265. The normalized spacial score (nSPS) is 18.1. The predicted molar refractivity (Wildman–Crippen MR) is 120 cm³/mol. The molecule has 1 amide bonds. The summed E-state index contributed by atoms with van der Waals surface area (Å²) in [6.45, 7) is 10.3. The van der Waals surface area contributed by atoms with Crippen LogP contribution in [0.4, 0.5) is 0 Å². The maximum absolute atomic E-state index is 12.4. The number of benzene rings is 1. The molecule has 1 heterocycles. The lowest BCUT2D eigenvalue weighted by atomic mass is 9.94. The van der Waals surface area contributed by atoms with Crippen LogP contribution >= 0.6 is 37.2 Å². The smallest absolute Gasteiger partial charge is 0.224 e. The number of amides is 1. The van der Waals surface area contributed by atoms with Crippen molar-refractivity contribution >= 4 is 43.1 Å². The fraction of sp³-hybridized carbons (Fsp3) is 0.632. The molecule has 1 aliphatic heterocycles. The van der Waals surface area contributed by atoms with Crippen molar-refractivity contribution in [3.8, 4) is 0 Å². The molecule has 1 aromatic carbocycles. The quantitative estimate of drug-likeness (QED) is 0.683. The summed E-state index contributed by atoms with van der Waals surface area (Å²) in [4.78, 5) is 17.2. The highest BCUT2D eigenvalue weighted by Gasteiger charge is 2.23. The molecular weight excluding hydrogens is 407 g/mol. The van der Waals surface area contributed by atoms with Gasteiger partial charge < -0.3 is 20.9 Å². The monoisotopic (exact) mass is 440 g/mol. The summed E-state index contributed by atoms with van der Waals surface area (Å²) >= 11 is 0. The number of hydrogen-bond acceptors (Lipinski definition) is 4. The number of nitrogens with two attached hydrogens (primary N) is 1. The van der Waals surface area contributed by atoms with Crippen LogP contribution in [0.3, 0.4) is 0 Å². The average molecular weight is 442 g/mol. The van der Waals surface area contributed by atoms with Crippen LogP contribution in [0, 0.1) is 11.8 Å². The number of carbonyl (C=O) groups is 1. The number of nitrogens with zero attached hydrogens (tertiary/aromatic N) is 2. The van der Waals surface area contributed by atoms with Gasteiger partial charge in [0.2, 0.25) is 5.91 Å². The molecule has 2 rings (SSSR count). The number of halogens is 3. The van der Waals surface area contributed by atoms with Gasteiger partial charge >= 0.3 is 0 Å². The second-order valence-electron chi connectivity index (χ2n) is 7.18. The van der Waals surface area contributed by atoms with Crippen molar-refractivity contribution in [3.63, 3.8) is 0 Å². The standard InChI is InChI=1S/C19H32N4O.3ClH/c1-15(14-23-11-9-22(3)10-12-23)13-21-19(24)16(2)18(20)17-7-5-4-6-8-17;;;/h4-8,15-16,18H,9-14,20H2,1-3H3,(H,21,24);3*1H. The van der Waals surface area contributed by atoms with Gasteiger partial charge in [-0.25, -0.2) is 0 Å². The van der Waals surface area contributed by atoms with E-state index in [1.807, 2.05) is 37.3 Å². The summed E-state index contributed by atoms with van der Waals surface area (Å²) in [7, 11) is 2.17. The van der Waals surface area contributed by atoms with Crippen LogP contribution in [0.25, 0.3) is 0 Å². The van der Waals surface area contributed by atoms with Crippen LogP contribution in [-0.2, 0) is 4.79 Å². The third-order valence-corrected chi connectivity index (χ3v) is 4.93. The number of rotatable bonds is 7. The number of likely N-dealkylation sites (N-methyl/N-ethyl adjacent to an activating group) is 1. The molecular formula is C19H35Cl3N4O. The number of carbonyl (C=O) groups excluding carboxylic acids is 1. The summed E-state index contributed by atoms with van der Waals surface area (Å²) < 4.78 is 0. The first-order valence-corrected chi connectivity index (χ1v) is 8.96. The van der Waals surface area contributed by atoms with Crippen LogP contribution in [-0.4, -0.2) is 62.0 Å². The van der Waals surface area contributed by atoms with Crippen LogP contribution in [0.15, 0.2) is 30.3 Å². The third kappa shape index (κ3) is 9.46. The van der Waals surface area contributed by atoms with E-state index in [0.29, 0.717) is 12.5 Å². The first-order chi connectivity index (χ1) is 11.5. The van der Waals surface area contributed by atoms with Crippen molar-refractivity contribution in [2.75, 3.05) is 46.3 Å². The Labute approximate surface area is 182 Å². The minimum absolute atomic E-state index is 0. The van der Waals surface area contributed by atoms with Gasteiger partial charge in [-0.05, 0) is 18.5 Å². The molecule has 158 valence electrons. The molecule has 3 unspecified atom stereocenters. The Morgan fingerprint density at radius 3 is 2.19 bits per heavy atom. The SMILES string of the molecule is CC(CNC(=O)C(C)C(N)c1ccccc1)CN1CCN(C)CC1.Cl.Cl.Cl. The van der Waals surface area contributed by atoms with Crippen molar-refractivity contribution < 1.29 is 4.79 Å². The largest absolute Gasteiger partial charge is 0.355 e. The van der Waals surface area contributed by atoms with Crippen molar-refractivity contribution in [1.29, 1.82) is 0 Å². The Morgan fingerprint density at radius 2 is 1.63 bits per heavy atom. The number of piperazine rings is 1. The molecule has 1 aromatic rings. The van der Waals surface area contributed by atoms with E-state index >= 15 is 0 Å². The molecule has 1 saturated heterocycles. The minimum Gasteiger partial charge on any atom is -0.355 e. The first kappa shape index (κ1) is 28.6. The van der Waals surface area contributed by atoms with Crippen LogP contribution < -0.4 is 11.1 Å². The molecule has 3 atom stereocenters. The molecule has 3 N–H and O–H groups in total. The molecule has 0 spiro atoms. The summed E-state index contributed by atoms with van der Waals surface area (Å²) in [6, 6.07) is 9.56. The van der Waals surface area contributed by atoms with Gasteiger partial charge in [-0.3, -0.25) is 4.79 Å². The van der Waals surface area contributed by atoms with Crippen molar-refractivity contribution in [2.24, 2.45) is 17.6 Å². The lowest BCUT2D eigenvalue weighted by Gasteiger charge is -2.34. The summed E-state index contributed by atoms with van der Waals surface area (Å²) in [5, 5.41) is 3.08. The second-order valence-corrected chi connectivity index (χ2v) is 7.18. The molecule has 1 fully saturated rings. The molecule has 0 bridgehead atoms. The van der Waals surface area contributed by atoms with Crippen molar-refractivity contribution in [2.45, 2.75) is 19.9 Å². The zero-order valence-corrected chi connectivity index (χ0v) is 18.9. The van der Waals surface area contributed by atoms with Gasteiger partial charge in [0.05, 0.1) is 5.92 Å². The van der Waals surface area contributed by atoms with E-state index in [2.05, 4.69) is 29.1 Å². The second kappa shape index (κ2) is 14.4. The van der Waals surface area contributed by atoms with Crippen LogP contribution in [0.5, 0.6) is 0 Å². The van der Waals surface area contributed by atoms with Gasteiger partial charge in [-0.15, -0.1) is 37.2 Å². The van der Waals surface area contributed by atoms with E-state index in [-0.39, 0.29) is 55.1 Å². The van der Waals surface area contributed by atoms with E-state index in [1.165, 1.54) is 0 Å². The Bertz CT molecular complexity index is 513. The Hall–Kier alpha value is -0.560. The van der Waals surface area contributed by atoms with Gasteiger partial charge in [-0.1, -0.05) is 44.2 Å². The number of nitrogens with one attached hydrogen (secondary N) is 1. The maximum Gasteiger partial charge on any atom is 0.224 e. The van der Waals surface area contributed by atoms with Crippen molar-refractivity contribution in [3.05, 3.63) is 35.9 Å². The topological polar surface area (TPSA) is 61.6 Å². The van der Waals surface area contributed by atoms with E-state index in [4.69, 9.17) is 5.73 Å². The van der Waals surface area contributed by atoms with E-state index in [1.54, 1.807) is 0 Å². The van der Waals surface area contributed by atoms with Gasteiger partial charge in [-0.2, -0.15) is 0 Å². The molecule has 8 heteroatoms. The van der Waals surface area contributed by atoms with Gasteiger partial charge in [0, 0.05) is 45.3 Å². The van der Waals surface area contributed by atoms with Crippen LogP contribution in [0.1, 0.15) is 25.5 Å². The fourth-order valence-corrected chi connectivity index (χ4v) is 3.10. The van der Waals surface area contributed by atoms with Crippen LogP contribution in [0.2, 0.25) is 0 Å². The lowest BCUT2D eigenvalue weighted by Crippen LogP contribution is -2.47. The Morgan fingerprint density at radius 1 is 1.07 bits per heavy atom. The third-order valence-electron chi connectivity index (χ3n) is 4.93. The van der Waals surface area contributed by atoms with E-state index < -0.39 is 0 Å². The average Bonchev–Trinajstić information content (AvgIpc) is 2.61. The fourth-order valence-electron chi connectivity index (χ4n) is 3.10. The molecule has 5 nitrogen and oxygen atoms in total. The summed E-state index contributed by atoms with van der Waals surface area (Å²) in [6.07, 6.45) is 0. The molecule has 27 heavy (non-hydrogen) atoms. The number of hydrogen-bond donors (Lipinski definition) is 2. The highest BCUT2D eigenvalue weighted by Crippen LogP contribution is 2.19. The zero-order chi connectivity index (χ0) is 17.5. The maximum atomic E-state index is 12.4. The molecule has 0 radical (unpaired) electrons. The van der Waals surface area contributed by atoms with Gasteiger partial charge in [0.1, 0.15) is 0 Å².